The third-order valence-electron chi connectivity index (χ3n) is 1.33. The fourth-order valence-electron chi connectivity index (χ4n) is 0.828. The van der Waals surface area contributed by atoms with Crippen LogP contribution < -0.4 is 0 Å². The highest BCUT2D eigenvalue weighted by molar-refractivity contribution is 14.1. The molecule has 14 heavy (non-hydrogen) atoms. The second kappa shape index (κ2) is 4.07. The molecule has 0 bridgehead atoms. The Morgan fingerprint density at radius 1 is 1.57 bits per heavy atom. The van der Waals surface area contributed by atoms with Gasteiger partial charge in [0.05, 0.1) is 8.49 Å². The first-order valence-electron chi connectivity index (χ1n) is 3.22. The maximum atomic E-state index is 12.6. The molecule has 0 N–H and O–H groups in total. The highest BCUT2D eigenvalue weighted by atomic mass is 127. The Labute approximate surface area is 89.4 Å². The van der Waals surface area contributed by atoms with E-state index in [4.69, 9.17) is 0 Å². The van der Waals surface area contributed by atoms with Gasteiger partial charge in [-0.2, -0.15) is 4.39 Å². The minimum Gasteiger partial charge on any atom is -0.258 e. The van der Waals surface area contributed by atoms with E-state index >= 15 is 0 Å². The summed E-state index contributed by atoms with van der Waals surface area (Å²) in [4.78, 5) is 12.2. The third kappa shape index (κ3) is 2.11. The molecule has 1 heterocycles. The van der Waals surface area contributed by atoms with Crippen molar-refractivity contribution < 1.29 is 18.1 Å². The van der Waals surface area contributed by atoms with Crippen LogP contribution in [0.25, 0.3) is 0 Å². The molecule has 0 aliphatic heterocycles. The molecular formula is C6H2F3IN2O2. The average molecular weight is 318 g/mol. The zero-order valence-electron chi connectivity index (χ0n) is 6.38. The van der Waals surface area contributed by atoms with Gasteiger partial charge < -0.3 is 0 Å². The van der Waals surface area contributed by atoms with E-state index in [1.807, 2.05) is 0 Å². The zero-order chi connectivity index (χ0) is 10.9. The van der Waals surface area contributed by atoms with Crippen molar-refractivity contribution in [2.75, 3.05) is 0 Å². The number of halogens is 4. The minimum absolute atomic E-state index is 0.199. The van der Waals surface area contributed by atoms with E-state index in [-0.39, 0.29) is 3.57 Å². The fraction of sp³-hybridized carbons (Fsp3) is 0.167. The third-order valence-corrected chi connectivity index (χ3v) is 2.15. The summed E-state index contributed by atoms with van der Waals surface area (Å²) in [5.41, 5.74) is -1.98. The Hall–Kier alpha value is -0.930. The zero-order valence-corrected chi connectivity index (χ0v) is 8.53. The molecule has 0 radical (unpaired) electrons. The van der Waals surface area contributed by atoms with E-state index in [1.54, 1.807) is 0 Å². The molecule has 1 aromatic rings. The smallest absolute Gasteiger partial charge is 0.258 e. The first-order valence-corrected chi connectivity index (χ1v) is 4.30. The lowest BCUT2D eigenvalue weighted by molar-refractivity contribution is -0.387. The van der Waals surface area contributed by atoms with E-state index in [0.29, 0.717) is 0 Å². The second-order valence-electron chi connectivity index (χ2n) is 2.22. The number of nitrogens with zero attached hydrogens (tertiary/aromatic N) is 2. The monoisotopic (exact) mass is 318 g/mol. The normalized spacial score (nSPS) is 10.6. The van der Waals surface area contributed by atoms with Crippen LogP contribution in [0.4, 0.5) is 18.9 Å². The largest absolute Gasteiger partial charge is 0.310 e. The van der Waals surface area contributed by atoms with Crippen LogP contribution in [0.1, 0.15) is 12.1 Å². The van der Waals surface area contributed by atoms with Gasteiger partial charge in [0.2, 0.25) is 5.95 Å². The first-order chi connectivity index (χ1) is 6.43. The molecule has 0 amide bonds. The topological polar surface area (TPSA) is 56.0 Å². The summed E-state index contributed by atoms with van der Waals surface area (Å²) in [6.07, 6.45) is -3.17. The predicted molar refractivity (Wildman–Crippen MR) is 48.5 cm³/mol. The van der Waals surface area contributed by atoms with E-state index in [9.17, 15) is 23.3 Å². The van der Waals surface area contributed by atoms with Gasteiger partial charge in [-0.1, -0.05) is 0 Å². The van der Waals surface area contributed by atoms with Gasteiger partial charge in [0.1, 0.15) is 0 Å². The van der Waals surface area contributed by atoms with Gasteiger partial charge in [0, 0.05) is 6.07 Å². The lowest BCUT2D eigenvalue weighted by Gasteiger charge is -2.02. The SMILES string of the molecule is O=[N+]([O-])c1c(I)cc(F)nc1C(F)F. The van der Waals surface area contributed by atoms with Gasteiger partial charge >= 0.3 is 5.69 Å². The van der Waals surface area contributed by atoms with E-state index in [1.165, 1.54) is 22.6 Å². The molecular weight excluding hydrogens is 316 g/mol. The molecule has 4 nitrogen and oxygen atoms in total. The first kappa shape index (κ1) is 11.1. The maximum Gasteiger partial charge on any atom is 0.310 e. The molecule has 0 aromatic carbocycles. The summed E-state index contributed by atoms with van der Waals surface area (Å²) in [5.74, 6) is -1.16. The Morgan fingerprint density at radius 2 is 2.14 bits per heavy atom. The highest BCUT2D eigenvalue weighted by Crippen LogP contribution is 2.31. The van der Waals surface area contributed by atoms with E-state index in [2.05, 4.69) is 4.98 Å². The molecule has 0 fully saturated rings. The number of pyridine rings is 1. The highest BCUT2D eigenvalue weighted by Gasteiger charge is 2.27. The number of aromatic nitrogens is 1. The maximum absolute atomic E-state index is 12.6. The number of alkyl halides is 2. The van der Waals surface area contributed by atoms with E-state index in [0.717, 1.165) is 6.07 Å². The van der Waals surface area contributed by atoms with Crippen LogP contribution in [0.3, 0.4) is 0 Å². The molecule has 1 rings (SSSR count). The van der Waals surface area contributed by atoms with Crippen LogP contribution in [0.15, 0.2) is 6.07 Å². The quantitative estimate of drug-likeness (QED) is 0.365. The van der Waals surface area contributed by atoms with Crippen molar-refractivity contribution in [2.24, 2.45) is 0 Å². The lowest BCUT2D eigenvalue weighted by Crippen LogP contribution is -2.03. The van der Waals surface area contributed by atoms with Crippen LogP contribution in [0.5, 0.6) is 0 Å². The van der Waals surface area contributed by atoms with Gasteiger partial charge in [-0.05, 0) is 22.6 Å². The molecule has 0 atom stereocenters. The molecule has 8 heteroatoms. The fourth-order valence-corrected chi connectivity index (χ4v) is 1.56. The number of nitro groups is 1. The predicted octanol–water partition coefficient (Wildman–Crippen LogP) is 2.67. The van der Waals surface area contributed by atoms with Gasteiger partial charge in [-0.3, -0.25) is 10.1 Å². The number of hydrogen-bond donors (Lipinski definition) is 0. The Kier molecular flexibility index (Phi) is 3.24. The molecule has 1 aromatic heterocycles. The Morgan fingerprint density at radius 3 is 2.57 bits per heavy atom. The summed E-state index contributed by atoms with van der Waals surface area (Å²) in [6.45, 7) is 0. The Bertz CT molecular complexity index is 386. The van der Waals surface area contributed by atoms with Crippen molar-refractivity contribution in [3.05, 3.63) is 31.4 Å². The van der Waals surface area contributed by atoms with Gasteiger partial charge in [-0.25, -0.2) is 13.8 Å². The van der Waals surface area contributed by atoms with Gasteiger partial charge in [0.15, 0.2) is 5.69 Å². The molecule has 76 valence electrons. The average Bonchev–Trinajstić information content (AvgIpc) is 2.01. The van der Waals surface area contributed by atoms with Crippen LogP contribution in [-0.2, 0) is 0 Å². The molecule has 0 aliphatic rings. The minimum atomic E-state index is -3.17. The van der Waals surface area contributed by atoms with Crippen molar-refractivity contribution >= 4 is 28.3 Å². The lowest BCUT2D eigenvalue weighted by atomic mass is 10.3. The van der Waals surface area contributed by atoms with Crippen LogP contribution in [-0.4, -0.2) is 9.91 Å². The van der Waals surface area contributed by atoms with Crippen molar-refractivity contribution in [1.29, 1.82) is 0 Å². The van der Waals surface area contributed by atoms with Gasteiger partial charge in [0.25, 0.3) is 6.43 Å². The van der Waals surface area contributed by atoms with E-state index < -0.39 is 28.7 Å². The summed E-state index contributed by atoms with van der Waals surface area (Å²) in [5, 5.41) is 10.4. The van der Waals surface area contributed by atoms with Gasteiger partial charge in [-0.15, -0.1) is 0 Å². The van der Waals surface area contributed by atoms with Crippen LogP contribution >= 0.6 is 22.6 Å². The van der Waals surface area contributed by atoms with Crippen LogP contribution in [0.2, 0.25) is 0 Å². The summed E-state index contributed by atoms with van der Waals surface area (Å²) in [6, 6.07) is 0.727. The van der Waals surface area contributed by atoms with Crippen molar-refractivity contribution in [2.45, 2.75) is 6.43 Å². The molecule has 0 spiro atoms. The summed E-state index contributed by atoms with van der Waals surface area (Å²) in [7, 11) is 0. The van der Waals surface area contributed by atoms with Crippen molar-refractivity contribution in [3.8, 4) is 0 Å². The molecule has 0 unspecified atom stereocenters. The molecule has 0 aliphatic carbocycles. The molecule has 0 saturated heterocycles. The Balaban J connectivity index is 3.44. The van der Waals surface area contributed by atoms with Crippen LogP contribution in [0, 0.1) is 19.6 Å². The molecule has 0 saturated carbocycles. The number of rotatable bonds is 2. The standard InChI is InChI=1S/C6H2F3IN2O2/c7-3-1-2(10)5(12(13)14)4(11-3)6(8)9/h1,6H. The summed E-state index contributed by atoms with van der Waals surface area (Å²) < 4.78 is 36.8. The van der Waals surface area contributed by atoms with Crippen molar-refractivity contribution in [1.82, 2.24) is 4.98 Å². The van der Waals surface area contributed by atoms with Crippen molar-refractivity contribution in [3.63, 3.8) is 0 Å². The second-order valence-corrected chi connectivity index (χ2v) is 3.38. The summed E-state index contributed by atoms with van der Waals surface area (Å²) >= 11 is 1.41. The number of hydrogen-bond acceptors (Lipinski definition) is 3.